The van der Waals surface area contributed by atoms with Gasteiger partial charge >= 0.3 is 0 Å². The zero-order valence-electron chi connectivity index (χ0n) is 9.76. The van der Waals surface area contributed by atoms with E-state index < -0.39 is 17.7 Å². The van der Waals surface area contributed by atoms with E-state index in [1.807, 2.05) is 6.92 Å². The first-order valence-electron chi connectivity index (χ1n) is 5.61. The minimum absolute atomic E-state index is 0.120. The topological polar surface area (TPSA) is 32.3 Å². The summed E-state index contributed by atoms with van der Waals surface area (Å²) >= 11 is 0. The van der Waals surface area contributed by atoms with Gasteiger partial charge in [0.1, 0.15) is 6.04 Å². The molecular formula is C12H14F2N2O. The molecule has 1 aromatic rings. The van der Waals surface area contributed by atoms with Gasteiger partial charge in [-0.1, -0.05) is 6.92 Å². The second kappa shape index (κ2) is 4.31. The molecule has 0 saturated carbocycles. The standard InChI is InChI=1S/C12H14F2N2O/c1-3-4-16-11-6-9(14)8(13)5-10(11)15-7(2)12(16)17/h5-7,15H,3-4H2,1-2H3. The SMILES string of the molecule is CCCN1C(=O)C(C)Nc2cc(F)c(F)cc21. The summed E-state index contributed by atoms with van der Waals surface area (Å²) in [7, 11) is 0. The van der Waals surface area contributed by atoms with Crippen LogP contribution in [0.25, 0.3) is 0 Å². The average Bonchev–Trinajstić information content (AvgIpc) is 2.28. The molecule has 3 nitrogen and oxygen atoms in total. The summed E-state index contributed by atoms with van der Waals surface area (Å²) in [5.41, 5.74) is 0.873. The van der Waals surface area contributed by atoms with Crippen LogP contribution in [0.4, 0.5) is 20.2 Å². The van der Waals surface area contributed by atoms with Gasteiger partial charge in [-0.2, -0.15) is 0 Å². The molecule has 0 bridgehead atoms. The van der Waals surface area contributed by atoms with Crippen LogP contribution in [-0.4, -0.2) is 18.5 Å². The fraction of sp³-hybridized carbons (Fsp3) is 0.417. The van der Waals surface area contributed by atoms with Gasteiger partial charge in [-0.05, 0) is 13.3 Å². The van der Waals surface area contributed by atoms with Crippen LogP contribution in [0.5, 0.6) is 0 Å². The van der Waals surface area contributed by atoms with Crippen LogP contribution >= 0.6 is 0 Å². The molecule has 1 heterocycles. The van der Waals surface area contributed by atoms with Crippen molar-refractivity contribution in [3.05, 3.63) is 23.8 Å². The Morgan fingerprint density at radius 3 is 2.65 bits per heavy atom. The molecule has 0 radical (unpaired) electrons. The number of rotatable bonds is 2. The first-order chi connectivity index (χ1) is 8.04. The molecule has 1 aromatic carbocycles. The van der Waals surface area contributed by atoms with Crippen LogP contribution in [0.1, 0.15) is 20.3 Å². The molecule has 17 heavy (non-hydrogen) atoms. The first-order valence-corrected chi connectivity index (χ1v) is 5.61. The molecule has 1 unspecified atom stereocenters. The third-order valence-electron chi connectivity index (χ3n) is 2.79. The van der Waals surface area contributed by atoms with Crippen molar-refractivity contribution in [2.45, 2.75) is 26.3 Å². The molecule has 0 aromatic heterocycles. The van der Waals surface area contributed by atoms with E-state index >= 15 is 0 Å². The molecule has 0 saturated heterocycles. The van der Waals surface area contributed by atoms with Gasteiger partial charge in [0, 0.05) is 18.7 Å². The summed E-state index contributed by atoms with van der Waals surface area (Å²) in [5, 5.41) is 2.87. The van der Waals surface area contributed by atoms with Gasteiger partial charge in [0.05, 0.1) is 11.4 Å². The highest BCUT2D eigenvalue weighted by molar-refractivity contribution is 6.04. The zero-order chi connectivity index (χ0) is 12.6. The van der Waals surface area contributed by atoms with Gasteiger partial charge in [-0.25, -0.2) is 8.78 Å². The molecule has 1 amide bonds. The molecule has 0 spiro atoms. The predicted molar refractivity (Wildman–Crippen MR) is 62.1 cm³/mol. The van der Waals surface area contributed by atoms with E-state index in [0.717, 1.165) is 18.6 Å². The van der Waals surface area contributed by atoms with E-state index in [9.17, 15) is 13.6 Å². The lowest BCUT2D eigenvalue weighted by Gasteiger charge is -2.33. The lowest BCUT2D eigenvalue weighted by molar-refractivity contribution is -0.119. The van der Waals surface area contributed by atoms with Crippen LogP contribution in [0, 0.1) is 11.6 Å². The van der Waals surface area contributed by atoms with Crippen molar-refractivity contribution >= 4 is 17.3 Å². The number of carbonyl (C=O) groups excluding carboxylic acids is 1. The monoisotopic (exact) mass is 240 g/mol. The number of hydrogen-bond acceptors (Lipinski definition) is 2. The maximum atomic E-state index is 13.2. The molecule has 1 atom stereocenters. The Morgan fingerprint density at radius 2 is 2.00 bits per heavy atom. The number of anilines is 2. The number of halogens is 2. The summed E-state index contributed by atoms with van der Waals surface area (Å²) < 4.78 is 26.3. The van der Waals surface area contributed by atoms with Crippen molar-refractivity contribution in [3.8, 4) is 0 Å². The van der Waals surface area contributed by atoms with Gasteiger partial charge in [0.25, 0.3) is 0 Å². The van der Waals surface area contributed by atoms with Gasteiger partial charge in [-0.15, -0.1) is 0 Å². The highest BCUT2D eigenvalue weighted by atomic mass is 19.2. The largest absolute Gasteiger partial charge is 0.372 e. The van der Waals surface area contributed by atoms with Gasteiger partial charge < -0.3 is 10.2 Å². The summed E-state index contributed by atoms with van der Waals surface area (Å²) in [4.78, 5) is 13.4. The van der Waals surface area contributed by atoms with Gasteiger partial charge in [0.2, 0.25) is 5.91 Å². The fourth-order valence-corrected chi connectivity index (χ4v) is 1.98. The van der Waals surface area contributed by atoms with Crippen LogP contribution in [0.3, 0.4) is 0 Å². The van der Waals surface area contributed by atoms with Crippen molar-refractivity contribution in [1.29, 1.82) is 0 Å². The Balaban J connectivity index is 2.50. The van der Waals surface area contributed by atoms with Crippen LogP contribution < -0.4 is 10.2 Å². The number of amides is 1. The minimum Gasteiger partial charge on any atom is -0.372 e. The summed E-state index contributed by atoms with van der Waals surface area (Å²) in [6.45, 7) is 4.14. The molecule has 1 aliphatic rings. The van der Waals surface area contributed by atoms with E-state index in [1.165, 1.54) is 4.90 Å². The Bertz CT molecular complexity index is 462. The third kappa shape index (κ3) is 1.97. The fourth-order valence-electron chi connectivity index (χ4n) is 1.98. The molecule has 0 fully saturated rings. The smallest absolute Gasteiger partial charge is 0.249 e. The highest BCUT2D eigenvalue weighted by Crippen LogP contribution is 2.33. The molecule has 1 aliphatic heterocycles. The second-order valence-electron chi connectivity index (χ2n) is 4.14. The summed E-state index contributed by atoms with van der Waals surface area (Å²) in [5.74, 6) is -1.96. The van der Waals surface area contributed by atoms with Gasteiger partial charge in [-0.3, -0.25) is 4.79 Å². The highest BCUT2D eigenvalue weighted by Gasteiger charge is 2.30. The van der Waals surface area contributed by atoms with Crippen molar-refractivity contribution in [2.75, 3.05) is 16.8 Å². The van der Waals surface area contributed by atoms with E-state index in [0.29, 0.717) is 17.9 Å². The van der Waals surface area contributed by atoms with E-state index in [1.54, 1.807) is 6.92 Å². The first kappa shape index (κ1) is 11.8. The lowest BCUT2D eigenvalue weighted by atomic mass is 10.1. The Hall–Kier alpha value is -1.65. The predicted octanol–water partition coefficient (Wildman–Crippen LogP) is 2.52. The normalized spacial score (nSPS) is 18.9. The number of nitrogens with one attached hydrogen (secondary N) is 1. The molecule has 5 heteroatoms. The van der Waals surface area contributed by atoms with Crippen molar-refractivity contribution in [1.82, 2.24) is 0 Å². The number of fused-ring (bicyclic) bond motifs is 1. The molecular weight excluding hydrogens is 226 g/mol. The van der Waals surface area contributed by atoms with Crippen LogP contribution in [0.15, 0.2) is 12.1 Å². The molecule has 92 valence electrons. The lowest BCUT2D eigenvalue weighted by Crippen LogP contribution is -2.46. The van der Waals surface area contributed by atoms with E-state index in [-0.39, 0.29) is 5.91 Å². The second-order valence-corrected chi connectivity index (χ2v) is 4.14. The average molecular weight is 240 g/mol. The van der Waals surface area contributed by atoms with Gasteiger partial charge in [0.15, 0.2) is 11.6 Å². The Morgan fingerprint density at radius 1 is 1.35 bits per heavy atom. The zero-order valence-corrected chi connectivity index (χ0v) is 9.76. The van der Waals surface area contributed by atoms with Crippen LogP contribution in [-0.2, 0) is 4.79 Å². The molecule has 2 rings (SSSR count). The molecule has 0 aliphatic carbocycles. The molecule has 1 N–H and O–H groups in total. The number of nitrogens with zero attached hydrogens (tertiary/aromatic N) is 1. The quantitative estimate of drug-likeness (QED) is 0.861. The number of hydrogen-bond donors (Lipinski definition) is 1. The van der Waals surface area contributed by atoms with Crippen LogP contribution in [0.2, 0.25) is 0 Å². The minimum atomic E-state index is -0.936. The van der Waals surface area contributed by atoms with E-state index in [4.69, 9.17) is 0 Å². The van der Waals surface area contributed by atoms with Crippen molar-refractivity contribution < 1.29 is 13.6 Å². The van der Waals surface area contributed by atoms with Crippen molar-refractivity contribution in [3.63, 3.8) is 0 Å². The Labute approximate surface area is 98.4 Å². The van der Waals surface area contributed by atoms with E-state index in [2.05, 4.69) is 5.32 Å². The Kier molecular flexibility index (Phi) is 3.00. The number of benzene rings is 1. The maximum Gasteiger partial charge on any atom is 0.249 e. The summed E-state index contributed by atoms with van der Waals surface area (Å²) in [6.07, 6.45) is 0.761. The summed E-state index contributed by atoms with van der Waals surface area (Å²) in [6, 6.07) is 1.74. The maximum absolute atomic E-state index is 13.2. The third-order valence-corrected chi connectivity index (χ3v) is 2.79. The van der Waals surface area contributed by atoms with Crippen molar-refractivity contribution in [2.24, 2.45) is 0 Å². The number of carbonyl (C=O) groups is 1.